The van der Waals surface area contributed by atoms with E-state index in [9.17, 15) is 19.3 Å². The van der Waals surface area contributed by atoms with Gasteiger partial charge in [-0.3, -0.25) is 9.46 Å². The minimum Gasteiger partial charge on any atom is -0.544 e. The molecule has 9 nitrogen and oxygen atoms in total. The summed E-state index contributed by atoms with van der Waals surface area (Å²) in [5.74, 6) is -1.00. The molecule has 0 aliphatic rings. The summed E-state index contributed by atoms with van der Waals surface area (Å²) in [5.41, 5.74) is 0. The molecule has 24 heavy (non-hydrogen) atoms. The van der Waals surface area contributed by atoms with Gasteiger partial charge in [0.2, 0.25) is 6.41 Å². The molecule has 0 aliphatic carbocycles. The van der Waals surface area contributed by atoms with Crippen molar-refractivity contribution >= 4 is 20.1 Å². The molecule has 0 aromatic rings. The van der Waals surface area contributed by atoms with Gasteiger partial charge in [0.05, 0.1) is 27.1 Å². The molecule has 0 fully saturated rings. The second-order valence-corrected chi connectivity index (χ2v) is 7.95. The van der Waals surface area contributed by atoms with Crippen LogP contribution in [0.4, 0.5) is 0 Å². The Morgan fingerprint density at radius 1 is 1.12 bits per heavy atom. The first kappa shape index (κ1) is 27.8. The number of carboxylic acid groups (broad SMARTS) is 1. The van der Waals surface area contributed by atoms with E-state index >= 15 is 0 Å². The number of hydrogen-bond donors (Lipinski definition) is 2. The minimum absolute atomic E-state index is 0.0285. The number of carboxylic acids is 1. The molecule has 0 saturated heterocycles. The SMILES string of the molecule is CCCC.CN(C)CCN(C=O)P(=O)(O)O.C[N+](C)(C)CC(=O)[O-]. The summed E-state index contributed by atoms with van der Waals surface area (Å²) in [7, 11) is 4.52. The van der Waals surface area contributed by atoms with Crippen molar-refractivity contribution in [2.45, 2.75) is 26.7 Å². The van der Waals surface area contributed by atoms with Crippen LogP contribution < -0.4 is 5.11 Å². The van der Waals surface area contributed by atoms with Crippen molar-refractivity contribution in [1.29, 1.82) is 0 Å². The van der Waals surface area contributed by atoms with Gasteiger partial charge in [-0.05, 0) is 14.1 Å². The maximum Gasteiger partial charge on any atom is 0.432 e. The van der Waals surface area contributed by atoms with Gasteiger partial charge >= 0.3 is 7.75 Å². The topological polar surface area (TPSA) is 121 Å². The Labute approximate surface area is 145 Å². The quantitative estimate of drug-likeness (QED) is 0.330. The van der Waals surface area contributed by atoms with Crippen LogP contribution in [0.5, 0.6) is 0 Å². The normalized spacial score (nSPS) is 10.9. The number of carbonyl (C=O) groups excluding carboxylic acids is 2. The van der Waals surface area contributed by atoms with Crippen LogP contribution in [0.2, 0.25) is 0 Å². The number of nitrogens with zero attached hydrogens (tertiary/aromatic N) is 3. The van der Waals surface area contributed by atoms with Crippen LogP contribution in [0.1, 0.15) is 26.7 Å². The Morgan fingerprint density at radius 3 is 1.67 bits per heavy atom. The van der Waals surface area contributed by atoms with Crippen LogP contribution in [0.25, 0.3) is 0 Å². The Kier molecular flexibility index (Phi) is 16.7. The van der Waals surface area contributed by atoms with Gasteiger partial charge in [0.15, 0.2) is 0 Å². The van der Waals surface area contributed by atoms with E-state index in [-0.39, 0.29) is 19.5 Å². The summed E-state index contributed by atoms with van der Waals surface area (Å²) in [4.78, 5) is 39.0. The molecule has 0 radical (unpaired) electrons. The van der Waals surface area contributed by atoms with E-state index < -0.39 is 13.7 Å². The summed E-state index contributed by atoms with van der Waals surface area (Å²) in [6.45, 7) is 4.88. The van der Waals surface area contributed by atoms with Crippen molar-refractivity contribution in [3.63, 3.8) is 0 Å². The lowest BCUT2D eigenvalue weighted by Gasteiger charge is -2.23. The van der Waals surface area contributed by atoms with E-state index in [1.54, 1.807) is 40.1 Å². The molecule has 0 aromatic carbocycles. The standard InChI is InChI=1S/C5H13N2O4P.C5H11NO2.C4H10/c1-6(2)3-4-7(5-8)12(9,10)11;1-6(2,3)4-5(7)8;1-3-4-2/h5H,3-4H2,1-2H3,(H2,9,10,11);4H2,1-3H3;3-4H2,1-2H3. The van der Waals surface area contributed by atoms with E-state index in [1.165, 1.54) is 12.8 Å². The highest BCUT2D eigenvalue weighted by Gasteiger charge is 2.22. The fourth-order valence-electron chi connectivity index (χ4n) is 0.934. The first-order valence-corrected chi connectivity index (χ1v) is 9.20. The number of quaternary nitrogens is 1. The van der Waals surface area contributed by atoms with Gasteiger partial charge in [0.25, 0.3) is 0 Å². The van der Waals surface area contributed by atoms with Crippen LogP contribution in [0, 0.1) is 0 Å². The molecule has 2 N–H and O–H groups in total. The predicted molar refractivity (Wildman–Crippen MR) is 91.9 cm³/mol. The number of hydrogen-bond acceptors (Lipinski definition) is 5. The number of rotatable bonds is 8. The van der Waals surface area contributed by atoms with Gasteiger partial charge in [0, 0.05) is 13.1 Å². The number of likely N-dealkylation sites (N-methyl/N-ethyl adjacent to an activating group) is 2. The Hall–Kier alpha value is -0.990. The van der Waals surface area contributed by atoms with E-state index in [4.69, 9.17) is 9.79 Å². The van der Waals surface area contributed by atoms with Gasteiger partial charge in [-0.1, -0.05) is 26.7 Å². The molecule has 0 bridgehead atoms. The number of amides is 1. The second-order valence-electron chi connectivity index (χ2n) is 6.41. The lowest BCUT2D eigenvalue weighted by Crippen LogP contribution is -2.45. The third-order valence-electron chi connectivity index (χ3n) is 2.34. The predicted octanol–water partition coefficient (Wildman–Crippen LogP) is -0.652. The van der Waals surface area contributed by atoms with Crippen molar-refractivity contribution in [2.24, 2.45) is 0 Å². The van der Waals surface area contributed by atoms with Gasteiger partial charge < -0.3 is 29.1 Å². The molecule has 1 amide bonds. The Balaban J connectivity index is -0.000000316. The van der Waals surface area contributed by atoms with Gasteiger partial charge in [-0.15, -0.1) is 0 Å². The molecule has 146 valence electrons. The molecule has 0 unspecified atom stereocenters. The minimum atomic E-state index is -4.39. The van der Waals surface area contributed by atoms with Crippen molar-refractivity contribution in [1.82, 2.24) is 9.57 Å². The molecule has 0 rings (SSSR count). The highest BCUT2D eigenvalue weighted by Crippen LogP contribution is 2.37. The van der Waals surface area contributed by atoms with Crippen molar-refractivity contribution < 1.29 is 33.5 Å². The van der Waals surface area contributed by atoms with Crippen LogP contribution in [0.15, 0.2) is 0 Å². The molecule has 0 atom stereocenters. The zero-order valence-corrected chi connectivity index (χ0v) is 16.8. The summed E-state index contributed by atoms with van der Waals surface area (Å²) >= 11 is 0. The molecular formula is C14H34N3O6P. The van der Waals surface area contributed by atoms with Crippen LogP contribution in [-0.4, -0.2) is 91.1 Å². The molecule has 0 aromatic heterocycles. The third kappa shape index (κ3) is 25.9. The second kappa shape index (κ2) is 14.4. The van der Waals surface area contributed by atoms with Crippen LogP contribution in [-0.2, 0) is 14.2 Å². The highest BCUT2D eigenvalue weighted by molar-refractivity contribution is 7.49. The van der Waals surface area contributed by atoms with E-state index in [0.29, 0.717) is 15.7 Å². The van der Waals surface area contributed by atoms with Gasteiger partial charge in [-0.25, -0.2) is 4.57 Å². The lowest BCUT2D eigenvalue weighted by molar-refractivity contribution is -0.864. The molecular weight excluding hydrogens is 337 g/mol. The number of aliphatic carboxylic acids is 1. The number of carbonyl (C=O) groups is 2. The zero-order chi connectivity index (χ0) is 20.0. The van der Waals surface area contributed by atoms with Crippen molar-refractivity contribution in [3.8, 4) is 0 Å². The average Bonchev–Trinajstić information content (AvgIpc) is 2.35. The smallest absolute Gasteiger partial charge is 0.432 e. The van der Waals surface area contributed by atoms with E-state index in [0.717, 1.165) is 0 Å². The molecule has 0 spiro atoms. The zero-order valence-electron chi connectivity index (χ0n) is 15.9. The van der Waals surface area contributed by atoms with Crippen LogP contribution >= 0.6 is 7.75 Å². The number of unbranched alkanes of at least 4 members (excludes halogenated alkanes) is 1. The fourth-order valence-corrected chi connectivity index (χ4v) is 1.41. The maximum absolute atomic E-state index is 10.5. The first-order chi connectivity index (χ1) is 10.7. The van der Waals surface area contributed by atoms with Gasteiger partial charge in [-0.2, -0.15) is 0 Å². The van der Waals surface area contributed by atoms with E-state index in [2.05, 4.69) is 13.8 Å². The molecule has 0 saturated carbocycles. The third-order valence-corrected chi connectivity index (χ3v) is 3.30. The summed E-state index contributed by atoms with van der Waals surface area (Å²) in [5, 5.41) is 9.89. The fraction of sp³-hybridized carbons (Fsp3) is 0.857. The van der Waals surface area contributed by atoms with Crippen molar-refractivity contribution in [3.05, 3.63) is 0 Å². The lowest BCUT2D eigenvalue weighted by atomic mass is 10.4. The molecule has 0 aliphatic heterocycles. The molecule has 0 heterocycles. The monoisotopic (exact) mass is 371 g/mol. The highest BCUT2D eigenvalue weighted by atomic mass is 31.2. The summed E-state index contributed by atoms with van der Waals surface area (Å²) < 4.78 is 11.4. The maximum atomic E-state index is 10.5. The average molecular weight is 371 g/mol. The largest absolute Gasteiger partial charge is 0.544 e. The Bertz CT molecular complexity index is 377. The first-order valence-electron chi connectivity index (χ1n) is 7.64. The van der Waals surface area contributed by atoms with E-state index in [1.807, 2.05) is 0 Å². The van der Waals surface area contributed by atoms with Crippen molar-refractivity contribution in [2.75, 3.05) is 54.9 Å². The van der Waals surface area contributed by atoms with Gasteiger partial charge in [0.1, 0.15) is 6.54 Å². The van der Waals surface area contributed by atoms with Crippen LogP contribution in [0.3, 0.4) is 0 Å². The summed E-state index contributed by atoms with van der Waals surface area (Å²) in [6.07, 6.45) is 2.80. The summed E-state index contributed by atoms with van der Waals surface area (Å²) in [6, 6.07) is 0. The Morgan fingerprint density at radius 2 is 1.54 bits per heavy atom. The molecule has 10 heteroatoms.